The number of anilines is 1. The third kappa shape index (κ3) is 4.64. The van der Waals surface area contributed by atoms with Crippen molar-refractivity contribution in [2.24, 2.45) is 5.92 Å². The smallest absolute Gasteiger partial charge is 0.356 e. The van der Waals surface area contributed by atoms with Gasteiger partial charge in [-0.05, 0) is 30.9 Å². The van der Waals surface area contributed by atoms with Crippen LogP contribution in [0.5, 0.6) is 0 Å². The normalized spacial score (nSPS) is 16.1. The Morgan fingerprint density at radius 3 is 2.52 bits per heavy atom. The van der Waals surface area contributed by atoms with Crippen molar-refractivity contribution in [1.82, 2.24) is 19.7 Å². The molecule has 1 fully saturated rings. The molecule has 0 amide bonds. The second kappa shape index (κ2) is 7.66. The maximum atomic E-state index is 12.8. The maximum absolute atomic E-state index is 12.8. The molecule has 0 bridgehead atoms. The molecule has 2 aromatic rings. The summed E-state index contributed by atoms with van der Waals surface area (Å²) in [4.78, 5) is 22.9. The average molecular weight is 381 g/mol. The molecular weight excluding hydrogens is 359 g/mol. The summed E-state index contributed by atoms with van der Waals surface area (Å²) < 4.78 is 39.4. The summed E-state index contributed by atoms with van der Waals surface area (Å²) in [6.07, 6.45) is -1.30. The fourth-order valence-electron chi connectivity index (χ4n) is 3.14. The van der Waals surface area contributed by atoms with Gasteiger partial charge in [-0.25, -0.2) is 14.6 Å². The van der Waals surface area contributed by atoms with Gasteiger partial charge in [0, 0.05) is 37.8 Å². The monoisotopic (exact) mass is 381 g/mol. The predicted molar refractivity (Wildman–Crippen MR) is 94.6 cm³/mol. The quantitative estimate of drug-likeness (QED) is 0.814. The summed E-state index contributed by atoms with van der Waals surface area (Å²) in [5.74, 6) is 1.98. The van der Waals surface area contributed by atoms with Gasteiger partial charge in [-0.15, -0.1) is 0 Å². The number of alkyl halides is 3. The zero-order valence-electron chi connectivity index (χ0n) is 15.3. The largest absolute Gasteiger partial charge is 0.435 e. The van der Waals surface area contributed by atoms with Gasteiger partial charge in [0.2, 0.25) is 0 Å². The van der Waals surface area contributed by atoms with Crippen LogP contribution < -0.4 is 10.5 Å². The van der Waals surface area contributed by atoms with Crippen LogP contribution in [0.1, 0.15) is 44.1 Å². The molecular formula is C18H22F3N5O. The molecule has 27 heavy (non-hydrogen) atoms. The third-order valence-corrected chi connectivity index (χ3v) is 4.70. The summed E-state index contributed by atoms with van der Waals surface area (Å²) in [6, 6.07) is 3.52. The Labute approximate surface area is 155 Å². The Morgan fingerprint density at radius 2 is 1.89 bits per heavy atom. The van der Waals surface area contributed by atoms with E-state index >= 15 is 0 Å². The van der Waals surface area contributed by atoms with E-state index in [1.54, 1.807) is 6.20 Å². The van der Waals surface area contributed by atoms with Gasteiger partial charge in [0.1, 0.15) is 11.6 Å². The fraction of sp³-hybridized carbons (Fsp3) is 0.556. The van der Waals surface area contributed by atoms with Gasteiger partial charge >= 0.3 is 6.18 Å². The topological polar surface area (TPSA) is 63.9 Å². The van der Waals surface area contributed by atoms with Gasteiger partial charge in [-0.1, -0.05) is 13.8 Å². The zero-order valence-corrected chi connectivity index (χ0v) is 15.3. The van der Waals surface area contributed by atoms with Crippen molar-refractivity contribution in [3.63, 3.8) is 0 Å². The second-order valence-corrected chi connectivity index (χ2v) is 7.09. The van der Waals surface area contributed by atoms with Gasteiger partial charge in [0.25, 0.3) is 5.56 Å². The van der Waals surface area contributed by atoms with Crippen LogP contribution in [0.4, 0.5) is 19.0 Å². The zero-order chi connectivity index (χ0) is 19.6. The van der Waals surface area contributed by atoms with E-state index < -0.39 is 17.4 Å². The first-order valence-corrected chi connectivity index (χ1v) is 8.97. The number of aromatic nitrogens is 4. The Balaban J connectivity index is 1.65. The van der Waals surface area contributed by atoms with E-state index in [2.05, 4.69) is 20.0 Å². The van der Waals surface area contributed by atoms with Crippen LogP contribution in [0.25, 0.3) is 0 Å². The summed E-state index contributed by atoms with van der Waals surface area (Å²) in [5, 5.41) is 3.49. The Bertz CT molecular complexity index is 841. The van der Waals surface area contributed by atoms with E-state index in [1.807, 2.05) is 19.9 Å². The average Bonchev–Trinajstić information content (AvgIpc) is 2.63. The summed E-state index contributed by atoms with van der Waals surface area (Å²) in [6.45, 7) is 5.72. The summed E-state index contributed by atoms with van der Waals surface area (Å²) >= 11 is 0. The van der Waals surface area contributed by atoms with Crippen LogP contribution in [0, 0.1) is 5.92 Å². The Morgan fingerprint density at radius 1 is 1.19 bits per heavy atom. The number of hydrogen-bond donors (Lipinski definition) is 0. The summed E-state index contributed by atoms with van der Waals surface area (Å²) in [5.41, 5.74) is -1.55. The van der Waals surface area contributed by atoms with Crippen molar-refractivity contribution in [3.8, 4) is 0 Å². The molecule has 0 unspecified atom stereocenters. The molecule has 1 aliphatic heterocycles. The molecule has 3 rings (SSSR count). The minimum absolute atomic E-state index is 0.0985. The van der Waals surface area contributed by atoms with Crippen LogP contribution in [0.3, 0.4) is 0 Å². The lowest BCUT2D eigenvalue weighted by molar-refractivity contribution is -0.142. The molecule has 6 nitrogen and oxygen atoms in total. The molecule has 146 valence electrons. The van der Waals surface area contributed by atoms with Gasteiger partial charge in [0.15, 0.2) is 5.69 Å². The van der Waals surface area contributed by atoms with E-state index in [1.165, 1.54) is 0 Å². The predicted octanol–water partition coefficient (Wildman–Crippen LogP) is 3.09. The van der Waals surface area contributed by atoms with Gasteiger partial charge in [-0.3, -0.25) is 4.79 Å². The third-order valence-electron chi connectivity index (χ3n) is 4.70. The van der Waals surface area contributed by atoms with Crippen LogP contribution in [0.2, 0.25) is 0 Å². The van der Waals surface area contributed by atoms with Crippen LogP contribution in [-0.2, 0) is 12.7 Å². The summed E-state index contributed by atoms with van der Waals surface area (Å²) in [7, 11) is 0. The number of piperidine rings is 1. The van der Waals surface area contributed by atoms with Gasteiger partial charge in [0.05, 0.1) is 0 Å². The highest BCUT2D eigenvalue weighted by Gasteiger charge is 2.33. The first-order chi connectivity index (χ1) is 12.7. The minimum atomic E-state index is -4.56. The molecule has 1 saturated heterocycles. The Kier molecular flexibility index (Phi) is 5.48. The molecule has 0 radical (unpaired) electrons. The SMILES string of the molecule is CC(C)c1nccc(N2CCC(Cn3nc(C(F)(F)F)ccc3=O)CC2)n1. The van der Waals surface area contributed by atoms with Crippen molar-refractivity contribution in [3.05, 3.63) is 46.3 Å². The van der Waals surface area contributed by atoms with Crippen molar-refractivity contribution in [2.45, 2.75) is 45.3 Å². The highest BCUT2D eigenvalue weighted by Crippen LogP contribution is 2.27. The number of halogens is 3. The molecule has 0 aliphatic carbocycles. The lowest BCUT2D eigenvalue weighted by atomic mass is 9.97. The fourth-order valence-corrected chi connectivity index (χ4v) is 3.14. The minimum Gasteiger partial charge on any atom is -0.356 e. The molecule has 0 aromatic carbocycles. The van der Waals surface area contributed by atoms with E-state index in [0.717, 1.165) is 54.4 Å². The van der Waals surface area contributed by atoms with Crippen LogP contribution in [-0.4, -0.2) is 32.8 Å². The van der Waals surface area contributed by atoms with Crippen molar-refractivity contribution >= 4 is 5.82 Å². The molecule has 3 heterocycles. The molecule has 0 N–H and O–H groups in total. The van der Waals surface area contributed by atoms with Crippen molar-refractivity contribution < 1.29 is 13.2 Å². The Hall–Kier alpha value is -2.45. The number of rotatable bonds is 4. The van der Waals surface area contributed by atoms with E-state index in [4.69, 9.17) is 0 Å². The first kappa shape index (κ1) is 19.3. The highest BCUT2D eigenvalue weighted by atomic mass is 19.4. The van der Waals surface area contributed by atoms with E-state index in [0.29, 0.717) is 0 Å². The molecule has 2 aromatic heterocycles. The standard InChI is InChI=1S/C18H22F3N5O/c1-12(2)17-22-8-5-15(23-17)25-9-6-13(7-10-25)11-26-16(27)4-3-14(24-26)18(19,20)21/h3-5,8,12-13H,6-7,9-11H2,1-2H3. The van der Waals surface area contributed by atoms with Gasteiger partial charge < -0.3 is 4.90 Å². The van der Waals surface area contributed by atoms with Crippen molar-refractivity contribution in [2.75, 3.05) is 18.0 Å². The molecule has 0 saturated carbocycles. The molecule has 9 heteroatoms. The van der Waals surface area contributed by atoms with Crippen molar-refractivity contribution in [1.29, 1.82) is 0 Å². The maximum Gasteiger partial charge on any atom is 0.435 e. The number of hydrogen-bond acceptors (Lipinski definition) is 5. The lowest BCUT2D eigenvalue weighted by Gasteiger charge is -2.33. The first-order valence-electron chi connectivity index (χ1n) is 8.97. The van der Waals surface area contributed by atoms with Crippen LogP contribution >= 0.6 is 0 Å². The molecule has 0 spiro atoms. The molecule has 1 aliphatic rings. The second-order valence-electron chi connectivity index (χ2n) is 7.09. The number of nitrogens with zero attached hydrogens (tertiary/aromatic N) is 5. The van der Waals surface area contributed by atoms with Crippen LogP contribution in [0.15, 0.2) is 29.2 Å². The lowest BCUT2D eigenvalue weighted by Crippen LogP contribution is -2.37. The van der Waals surface area contributed by atoms with E-state index in [-0.39, 0.29) is 18.4 Å². The highest BCUT2D eigenvalue weighted by molar-refractivity contribution is 5.38. The molecule has 0 atom stereocenters. The van der Waals surface area contributed by atoms with E-state index in [9.17, 15) is 18.0 Å². The van der Waals surface area contributed by atoms with Gasteiger partial charge in [-0.2, -0.15) is 18.3 Å².